The molecule has 1 atom stereocenters. The second-order valence-electron chi connectivity index (χ2n) is 2.59. The summed E-state index contributed by atoms with van der Waals surface area (Å²) in [5.74, 6) is 2.59. The van der Waals surface area contributed by atoms with Crippen molar-refractivity contribution in [2.45, 2.75) is 6.04 Å². The molecule has 0 heterocycles. The number of halogens is 2. The predicted molar refractivity (Wildman–Crippen MR) is 57.1 cm³/mol. The summed E-state index contributed by atoms with van der Waals surface area (Å²) < 4.78 is 0. The summed E-state index contributed by atoms with van der Waals surface area (Å²) in [7, 11) is 1.79. The quantitative estimate of drug-likeness (QED) is 0.746. The molecule has 68 valence electrons. The molecule has 0 aromatic heterocycles. The molecule has 1 aromatic rings. The Morgan fingerprint density at radius 3 is 2.23 bits per heavy atom. The molecule has 0 saturated carbocycles. The highest BCUT2D eigenvalue weighted by Gasteiger charge is 2.06. The van der Waals surface area contributed by atoms with Gasteiger partial charge in [-0.2, -0.15) is 0 Å². The summed E-state index contributed by atoms with van der Waals surface area (Å²) in [6, 6.07) is 5.13. The first-order chi connectivity index (χ1) is 6.17. The maximum absolute atomic E-state index is 5.83. The number of hydrogen-bond donors (Lipinski definition) is 1. The Balaban J connectivity index is 3.08. The first-order valence-corrected chi connectivity index (χ1v) is 4.52. The Morgan fingerprint density at radius 2 is 1.85 bits per heavy atom. The lowest BCUT2D eigenvalue weighted by atomic mass is 10.1. The molecule has 0 saturated heterocycles. The normalized spacial score (nSPS) is 12.2. The molecule has 0 radical (unpaired) electrons. The van der Waals surface area contributed by atoms with Crippen molar-refractivity contribution in [3.63, 3.8) is 0 Å². The number of nitrogens with one attached hydrogen (secondary N) is 1. The van der Waals surface area contributed by atoms with Crippen LogP contribution in [0.2, 0.25) is 10.0 Å². The van der Waals surface area contributed by atoms with Gasteiger partial charge in [0, 0.05) is 10.0 Å². The monoisotopic (exact) mass is 213 g/mol. The van der Waals surface area contributed by atoms with Gasteiger partial charge in [-0.25, -0.2) is 0 Å². The van der Waals surface area contributed by atoms with Crippen LogP contribution in [0.4, 0.5) is 0 Å². The second kappa shape index (κ2) is 4.53. The molecular formula is C10H9Cl2N. The predicted octanol–water partition coefficient (Wildman–Crippen LogP) is 2.89. The third-order valence-electron chi connectivity index (χ3n) is 1.67. The van der Waals surface area contributed by atoms with E-state index >= 15 is 0 Å². The summed E-state index contributed by atoms with van der Waals surface area (Å²) in [5.41, 5.74) is 0.905. The molecule has 1 aromatic carbocycles. The smallest absolute Gasteiger partial charge is 0.0941 e. The molecule has 13 heavy (non-hydrogen) atoms. The first kappa shape index (κ1) is 10.4. The highest BCUT2D eigenvalue weighted by atomic mass is 35.5. The Bertz CT molecular complexity index is 321. The van der Waals surface area contributed by atoms with E-state index in [1.54, 1.807) is 25.2 Å². The molecule has 0 spiro atoms. The molecule has 3 heteroatoms. The second-order valence-corrected chi connectivity index (χ2v) is 3.46. The summed E-state index contributed by atoms with van der Waals surface area (Å²) in [4.78, 5) is 0. The van der Waals surface area contributed by atoms with Gasteiger partial charge >= 0.3 is 0 Å². The number of terminal acetylenes is 1. The summed E-state index contributed by atoms with van der Waals surface area (Å²) in [6.07, 6.45) is 5.32. The lowest BCUT2D eigenvalue weighted by Crippen LogP contribution is -2.13. The van der Waals surface area contributed by atoms with Gasteiger partial charge in [0.1, 0.15) is 0 Å². The van der Waals surface area contributed by atoms with Gasteiger partial charge in [-0.3, -0.25) is 0 Å². The molecule has 1 N–H and O–H groups in total. The summed E-state index contributed by atoms with van der Waals surface area (Å²) in [6.45, 7) is 0. The third-order valence-corrected chi connectivity index (χ3v) is 2.11. The van der Waals surface area contributed by atoms with Crippen LogP contribution >= 0.6 is 23.2 Å². The molecule has 0 aliphatic carbocycles. The fourth-order valence-corrected chi connectivity index (χ4v) is 1.63. The Morgan fingerprint density at radius 1 is 1.31 bits per heavy atom. The maximum atomic E-state index is 5.83. The zero-order valence-electron chi connectivity index (χ0n) is 7.14. The summed E-state index contributed by atoms with van der Waals surface area (Å²) >= 11 is 11.7. The number of rotatable bonds is 2. The molecule has 0 aliphatic heterocycles. The van der Waals surface area contributed by atoms with Crippen molar-refractivity contribution in [2.24, 2.45) is 0 Å². The van der Waals surface area contributed by atoms with Crippen LogP contribution in [0, 0.1) is 12.3 Å². The van der Waals surface area contributed by atoms with Crippen LogP contribution < -0.4 is 5.32 Å². The van der Waals surface area contributed by atoms with Gasteiger partial charge in [0.05, 0.1) is 6.04 Å². The fourth-order valence-electron chi connectivity index (χ4n) is 1.09. The van der Waals surface area contributed by atoms with E-state index in [1.165, 1.54) is 0 Å². The Hall–Kier alpha value is -0.680. The third kappa shape index (κ3) is 2.63. The van der Waals surface area contributed by atoms with Crippen molar-refractivity contribution in [3.05, 3.63) is 33.8 Å². The minimum atomic E-state index is -0.142. The Labute approximate surface area is 88.0 Å². The van der Waals surface area contributed by atoms with E-state index < -0.39 is 0 Å². The van der Waals surface area contributed by atoms with Crippen molar-refractivity contribution < 1.29 is 0 Å². The van der Waals surface area contributed by atoms with Crippen LogP contribution in [0.15, 0.2) is 18.2 Å². The van der Waals surface area contributed by atoms with Gasteiger partial charge in [-0.05, 0) is 30.8 Å². The van der Waals surface area contributed by atoms with E-state index in [4.69, 9.17) is 29.6 Å². The number of hydrogen-bond acceptors (Lipinski definition) is 1. The van der Waals surface area contributed by atoms with Crippen LogP contribution in [-0.4, -0.2) is 7.05 Å². The van der Waals surface area contributed by atoms with Gasteiger partial charge in [0.2, 0.25) is 0 Å². The van der Waals surface area contributed by atoms with E-state index in [0.29, 0.717) is 10.0 Å². The van der Waals surface area contributed by atoms with E-state index in [2.05, 4.69) is 11.2 Å². The van der Waals surface area contributed by atoms with Gasteiger partial charge in [0.15, 0.2) is 0 Å². The zero-order valence-corrected chi connectivity index (χ0v) is 8.65. The largest absolute Gasteiger partial charge is 0.303 e. The standard InChI is InChI=1S/C10H9Cl2N/c1-3-10(13-2)7-4-8(11)6-9(12)5-7/h1,4-6,10,13H,2H3. The zero-order chi connectivity index (χ0) is 9.84. The van der Waals surface area contributed by atoms with E-state index in [0.717, 1.165) is 5.56 Å². The molecular weight excluding hydrogens is 205 g/mol. The van der Waals surface area contributed by atoms with Crippen molar-refractivity contribution >= 4 is 23.2 Å². The Kier molecular flexibility index (Phi) is 3.62. The van der Waals surface area contributed by atoms with Gasteiger partial charge in [-0.15, -0.1) is 6.42 Å². The molecule has 0 fully saturated rings. The van der Waals surface area contributed by atoms with Crippen molar-refractivity contribution in [1.82, 2.24) is 5.32 Å². The van der Waals surface area contributed by atoms with Crippen molar-refractivity contribution in [2.75, 3.05) is 7.05 Å². The topological polar surface area (TPSA) is 12.0 Å². The molecule has 1 nitrogen and oxygen atoms in total. The van der Waals surface area contributed by atoms with E-state index in [1.807, 2.05) is 0 Å². The van der Waals surface area contributed by atoms with Crippen LogP contribution in [0.5, 0.6) is 0 Å². The highest BCUT2D eigenvalue weighted by molar-refractivity contribution is 6.34. The fraction of sp³-hybridized carbons (Fsp3) is 0.200. The molecule has 1 unspecified atom stereocenters. The van der Waals surface area contributed by atoms with Crippen molar-refractivity contribution in [3.8, 4) is 12.3 Å². The number of benzene rings is 1. The molecule has 0 bridgehead atoms. The van der Waals surface area contributed by atoms with Crippen molar-refractivity contribution in [1.29, 1.82) is 0 Å². The van der Waals surface area contributed by atoms with Crippen LogP contribution in [-0.2, 0) is 0 Å². The lowest BCUT2D eigenvalue weighted by molar-refractivity contribution is 0.737. The lowest BCUT2D eigenvalue weighted by Gasteiger charge is -2.10. The first-order valence-electron chi connectivity index (χ1n) is 3.76. The van der Waals surface area contributed by atoms with Gasteiger partial charge in [0.25, 0.3) is 0 Å². The van der Waals surface area contributed by atoms with E-state index in [9.17, 15) is 0 Å². The summed E-state index contributed by atoms with van der Waals surface area (Å²) in [5, 5.41) is 4.16. The van der Waals surface area contributed by atoms with E-state index in [-0.39, 0.29) is 6.04 Å². The van der Waals surface area contributed by atoms with Gasteiger partial charge in [-0.1, -0.05) is 29.1 Å². The van der Waals surface area contributed by atoms with Crippen LogP contribution in [0.1, 0.15) is 11.6 Å². The highest BCUT2D eigenvalue weighted by Crippen LogP contribution is 2.22. The molecule has 1 rings (SSSR count). The van der Waals surface area contributed by atoms with Gasteiger partial charge < -0.3 is 5.32 Å². The van der Waals surface area contributed by atoms with Crippen LogP contribution in [0.3, 0.4) is 0 Å². The minimum absolute atomic E-state index is 0.142. The van der Waals surface area contributed by atoms with Crippen LogP contribution in [0.25, 0.3) is 0 Å². The average molecular weight is 214 g/mol. The minimum Gasteiger partial charge on any atom is -0.303 e. The maximum Gasteiger partial charge on any atom is 0.0941 e. The molecule has 0 amide bonds. The molecule has 0 aliphatic rings. The average Bonchev–Trinajstić information content (AvgIpc) is 2.04. The SMILES string of the molecule is C#CC(NC)c1cc(Cl)cc(Cl)c1.